The molecule has 0 spiro atoms. The Morgan fingerprint density at radius 2 is 2.20 bits per heavy atom. The quantitative estimate of drug-likeness (QED) is 0.825. The van der Waals surface area contributed by atoms with Crippen LogP contribution in [0.5, 0.6) is 0 Å². The third kappa shape index (κ3) is 2.03. The van der Waals surface area contributed by atoms with Crippen molar-refractivity contribution in [3.63, 3.8) is 0 Å². The first kappa shape index (κ1) is 10.6. The van der Waals surface area contributed by atoms with Gasteiger partial charge in [0.05, 0.1) is 11.2 Å². The molecule has 0 unspecified atom stereocenters. The SMILES string of the molecule is CC(C)(N)c1nc(C2CC2)c(C(=O)O)s1. The summed E-state index contributed by atoms with van der Waals surface area (Å²) >= 11 is 1.21. The van der Waals surface area contributed by atoms with Crippen molar-refractivity contribution in [3.8, 4) is 0 Å². The minimum Gasteiger partial charge on any atom is -0.477 e. The second-order valence-electron chi connectivity index (χ2n) is 4.53. The van der Waals surface area contributed by atoms with E-state index in [0.717, 1.165) is 18.5 Å². The van der Waals surface area contributed by atoms with E-state index in [1.165, 1.54) is 11.3 Å². The molecule has 1 fully saturated rings. The number of carboxylic acids is 1. The number of carbonyl (C=O) groups is 1. The highest BCUT2D eigenvalue weighted by Crippen LogP contribution is 2.43. The minimum atomic E-state index is -0.884. The van der Waals surface area contributed by atoms with Gasteiger partial charge in [-0.05, 0) is 26.7 Å². The van der Waals surface area contributed by atoms with E-state index in [4.69, 9.17) is 10.8 Å². The molecule has 15 heavy (non-hydrogen) atoms. The first-order valence-electron chi connectivity index (χ1n) is 4.93. The predicted molar refractivity (Wildman–Crippen MR) is 58.3 cm³/mol. The first-order chi connectivity index (χ1) is 6.89. The molecule has 0 aliphatic heterocycles. The van der Waals surface area contributed by atoms with E-state index in [2.05, 4.69) is 4.98 Å². The molecular formula is C10H14N2O2S. The Hall–Kier alpha value is -0.940. The number of rotatable bonds is 3. The highest BCUT2D eigenvalue weighted by molar-refractivity contribution is 7.13. The summed E-state index contributed by atoms with van der Waals surface area (Å²) in [6.07, 6.45) is 2.10. The summed E-state index contributed by atoms with van der Waals surface area (Å²) in [5.41, 5.74) is 6.10. The molecule has 0 bridgehead atoms. The summed E-state index contributed by atoms with van der Waals surface area (Å²) < 4.78 is 0. The molecule has 82 valence electrons. The first-order valence-corrected chi connectivity index (χ1v) is 5.74. The van der Waals surface area contributed by atoms with Gasteiger partial charge >= 0.3 is 5.97 Å². The standard InChI is InChI=1S/C10H14N2O2S/c1-10(2,11)9-12-6(5-3-4-5)7(15-9)8(13)14/h5H,3-4,11H2,1-2H3,(H,13,14). The molecule has 0 amide bonds. The van der Waals surface area contributed by atoms with Gasteiger partial charge in [0.15, 0.2) is 0 Å². The van der Waals surface area contributed by atoms with Gasteiger partial charge in [0.1, 0.15) is 9.88 Å². The predicted octanol–water partition coefficient (Wildman–Crippen LogP) is 1.91. The highest BCUT2D eigenvalue weighted by atomic mass is 32.1. The Bertz CT molecular complexity index is 402. The van der Waals surface area contributed by atoms with E-state index in [9.17, 15) is 4.79 Å². The van der Waals surface area contributed by atoms with Crippen LogP contribution in [0.15, 0.2) is 0 Å². The van der Waals surface area contributed by atoms with Gasteiger partial charge in [0.2, 0.25) is 0 Å². The topological polar surface area (TPSA) is 76.2 Å². The third-order valence-corrected chi connectivity index (χ3v) is 3.76. The largest absolute Gasteiger partial charge is 0.477 e. The fourth-order valence-electron chi connectivity index (χ4n) is 1.39. The number of hydrogen-bond donors (Lipinski definition) is 2. The van der Waals surface area contributed by atoms with Gasteiger partial charge in [-0.1, -0.05) is 0 Å². The van der Waals surface area contributed by atoms with Crippen molar-refractivity contribution >= 4 is 17.3 Å². The summed E-state index contributed by atoms with van der Waals surface area (Å²) in [5.74, 6) is -0.534. The molecule has 1 aromatic rings. The average Bonchev–Trinajstić information content (AvgIpc) is 2.81. The van der Waals surface area contributed by atoms with Gasteiger partial charge in [-0.25, -0.2) is 9.78 Å². The van der Waals surface area contributed by atoms with E-state index in [0.29, 0.717) is 15.8 Å². The Balaban J connectivity index is 2.44. The minimum absolute atomic E-state index is 0.350. The van der Waals surface area contributed by atoms with E-state index >= 15 is 0 Å². The van der Waals surface area contributed by atoms with Crippen molar-refractivity contribution in [1.82, 2.24) is 4.98 Å². The summed E-state index contributed by atoms with van der Waals surface area (Å²) in [5, 5.41) is 9.76. The van der Waals surface area contributed by atoms with Crippen LogP contribution in [-0.2, 0) is 5.54 Å². The Morgan fingerprint density at radius 1 is 1.60 bits per heavy atom. The van der Waals surface area contributed by atoms with Gasteiger partial charge in [0, 0.05) is 5.92 Å². The van der Waals surface area contributed by atoms with Crippen LogP contribution in [0, 0.1) is 0 Å². The van der Waals surface area contributed by atoms with Crippen LogP contribution in [0.25, 0.3) is 0 Å². The summed E-state index contributed by atoms with van der Waals surface area (Å²) in [6.45, 7) is 3.68. The lowest BCUT2D eigenvalue weighted by Gasteiger charge is -2.13. The number of aromatic carboxylic acids is 1. The molecule has 1 heterocycles. The number of aromatic nitrogens is 1. The molecule has 0 aromatic carbocycles. The van der Waals surface area contributed by atoms with Gasteiger partial charge in [-0.15, -0.1) is 11.3 Å². The lowest BCUT2D eigenvalue weighted by Crippen LogP contribution is -2.28. The molecule has 0 radical (unpaired) electrons. The lowest BCUT2D eigenvalue weighted by atomic mass is 10.1. The van der Waals surface area contributed by atoms with Crippen LogP contribution in [0.1, 0.15) is 53.0 Å². The van der Waals surface area contributed by atoms with Crippen LogP contribution in [0.2, 0.25) is 0 Å². The van der Waals surface area contributed by atoms with Gasteiger partial charge < -0.3 is 10.8 Å². The molecule has 1 aliphatic carbocycles. The second-order valence-corrected chi connectivity index (χ2v) is 5.53. The second kappa shape index (κ2) is 3.28. The molecule has 3 N–H and O–H groups in total. The molecule has 1 aliphatic rings. The molecule has 4 nitrogen and oxygen atoms in total. The number of nitrogens with two attached hydrogens (primary N) is 1. The number of thiazole rings is 1. The molecule has 1 aromatic heterocycles. The average molecular weight is 226 g/mol. The summed E-state index contributed by atoms with van der Waals surface area (Å²) in [4.78, 5) is 15.8. The van der Waals surface area contributed by atoms with Crippen LogP contribution in [-0.4, -0.2) is 16.1 Å². The van der Waals surface area contributed by atoms with Crippen molar-refractivity contribution < 1.29 is 9.90 Å². The van der Waals surface area contributed by atoms with Crippen LogP contribution in [0.4, 0.5) is 0 Å². The number of hydrogen-bond acceptors (Lipinski definition) is 4. The Labute approximate surface area is 92.1 Å². The van der Waals surface area contributed by atoms with E-state index in [1.807, 2.05) is 13.8 Å². The monoisotopic (exact) mass is 226 g/mol. The molecule has 1 saturated carbocycles. The van der Waals surface area contributed by atoms with Crippen molar-refractivity contribution in [2.24, 2.45) is 5.73 Å². The van der Waals surface area contributed by atoms with Crippen molar-refractivity contribution in [2.75, 3.05) is 0 Å². The molecule has 5 heteroatoms. The van der Waals surface area contributed by atoms with Crippen LogP contribution < -0.4 is 5.73 Å². The number of carboxylic acid groups (broad SMARTS) is 1. The van der Waals surface area contributed by atoms with E-state index in [-0.39, 0.29) is 0 Å². The maximum Gasteiger partial charge on any atom is 0.347 e. The molecule has 0 atom stereocenters. The van der Waals surface area contributed by atoms with Gasteiger partial charge in [-0.2, -0.15) is 0 Å². The van der Waals surface area contributed by atoms with E-state index in [1.54, 1.807) is 0 Å². The zero-order valence-corrected chi connectivity index (χ0v) is 9.60. The normalized spacial score (nSPS) is 16.7. The fourth-order valence-corrected chi connectivity index (χ4v) is 2.40. The summed E-state index contributed by atoms with van der Waals surface area (Å²) in [7, 11) is 0. The highest BCUT2D eigenvalue weighted by Gasteiger charge is 2.34. The number of nitrogens with zero attached hydrogens (tertiary/aromatic N) is 1. The Kier molecular flexibility index (Phi) is 2.31. The third-order valence-electron chi connectivity index (χ3n) is 2.36. The maximum atomic E-state index is 11.0. The lowest BCUT2D eigenvalue weighted by molar-refractivity contribution is 0.0700. The molecule has 2 rings (SSSR count). The molecular weight excluding hydrogens is 212 g/mol. The van der Waals surface area contributed by atoms with Gasteiger partial charge in [-0.3, -0.25) is 0 Å². The van der Waals surface area contributed by atoms with Crippen LogP contribution in [0.3, 0.4) is 0 Å². The van der Waals surface area contributed by atoms with Crippen molar-refractivity contribution in [2.45, 2.75) is 38.1 Å². The zero-order chi connectivity index (χ0) is 11.2. The maximum absolute atomic E-state index is 11.0. The van der Waals surface area contributed by atoms with Crippen LogP contribution >= 0.6 is 11.3 Å². The van der Waals surface area contributed by atoms with Crippen molar-refractivity contribution in [1.29, 1.82) is 0 Å². The summed E-state index contributed by atoms with van der Waals surface area (Å²) in [6, 6.07) is 0. The Morgan fingerprint density at radius 3 is 2.60 bits per heavy atom. The zero-order valence-electron chi connectivity index (χ0n) is 8.78. The molecule has 0 saturated heterocycles. The fraction of sp³-hybridized carbons (Fsp3) is 0.600. The van der Waals surface area contributed by atoms with Crippen molar-refractivity contribution in [3.05, 3.63) is 15.6 Å². The van der Waals surface area contributed by atoms with Gasteiger partial charge in [0.25, 0.3) is 0 Å². The smallest absolute Gasteiger partial charge is 0.347 e. The van der Waals surface area contributed by atoms with E-state index < -0.39 is 11.5 Å².